The van der Waals surface area contributed by atoms with Crippen LogP contribution in [0.1, 0.15) is 70.8 Å². The minimum Gasteiger partial charge on any atom is -0.0926 e. The van der Waals surface area contributed by atoms with E-state index >= 15 is 0 Å². The third-order valence-electron chi connectivity index (χ3n) is 4.25. The zero-order valence-corrected chi connectivity index (χ0v) is 15.9. The summed E-state index contributed by atoms with van der Waals surface area (Å²) in [6.45, 7) is 6.72. The molecule has 0 saturated carbocycles. The molecule has 1 rings (SSSR count). The smallest absolute Gasteiger partial charge is 0.0142 e. The molecule has 0 saturated heterocycles. The van der Waals surface area contributed by atoms with Crippen molar-refractivity contribution in [1.82, 2.24) is 0 Å². The van der Waals surface area contributed by atoms with Gasteiger partial charge in [-0.3, -0.25) is 0 Å². The van der Waals surface area contributed by atoms with Crippen molar-refractivity contribution in [3.05, 3.63) is 29.8 Å². The standard InChI is InChI=1S/C19H33PS/c1-4-6-8-10-16-20(21,17-11-9-7-5-2)19-14-12-18(3)13-15-19/h12-15H,4-11,16-17H2,1-3H3. The van der Waals surface area contributed by atoms with Gasteiger partial charge in [0.15, 0.2) is 0 Å². The minimum absolute atomic E-state index is 1.28. The highest BCUT2D eigenvalue weighted by molar-refractivity contribution is 8.18. The fourth-order valence-electron chi connectivity index (χ4n) is 2.77. The first-order chi connectivity index (χ1) is 10.1. The highest BCUT2D eigenvalue weighted by atomic mass is 32.4. The predicted molar refractivity (Wildman–Crippen MR) is 103 cm³/mol. The molecule has 0 amide bonds. The van der Waals surface area contributed by atoms with Gasteiger partial charge in [-0.05, 0) is 43.4 Å². The Morgan fingerprint density at radius 2 is 1.24 bits per heavy atom. The maximum absolute atomic E-state index is 6.22. The molecule has 0 N–H and O–H groups in total. The Hall–Kier alpha value is -0.130. The first-order valence-corrected chi connectivity index (χ1v) is 11.9. The van der Waals surface area contributed by atoms with E-state index in [1.807, 2.05) is 0 Å². The van der Waals surface area contributed by atoms with Gasteiger partial charge in [-0.15, -0.1) is 0 Å². The molecule has 0 nitrogen and oxygen atoms in total. The van der Waals surface area contributed by atoms with Gasteiger partial charge in [-0.2, -0.15) is 0 Å². The van der Waals surface area contributed by atoms with E-state index in [0.717, 1.165) is 0 Å². The quantitative estimate of drug-likeness (QED) is 0.342. The van der Waals surface area contributed by atoms with Crippen LogP contribution >= 0.6 is 6.04 Å². The molecule has 0 aliphatic carbocycles. The zero-order valence-electron chi connectivity index (χ0n) is 14.2. The van der Waals surface area contributed by atoms with Crippen LogP contribution in [0, 0.1) is 6.92 Å². The Morgan fingerprint density at radius 3 is 1.67 bits per heavy atom. The van der Waals surface area contributed by atoms with Gasteiger partial charge >= 0.3 is 0 Å². The molecule has 0 aromatic heterocycles. The van der Waals surface area contributed by atoms with Crippen molar-refractivity contribution in [2.75, 3.05) is 12.3 Å². The molecule has 0 aliphatic rings. The normalized spacial score (nSPS) is 11.8. The second-order valence-electron chi connectivity index (χ2n) is 6.29. The van der Waals surface area contributed by atoms with Crippen LogP contribution in [0.3, 0.4) is 0 Å². The lowest BCUT2D eigenvalue weighted by molar-refractivity contribution is 0.696. The topological polar surface area (TPSA) is 0 Å². The summed E-state index contributed by atoms with van der Waals surface area (Å²) in [4.78, 5) is 0. The average molecular weight is 325 g/mol. The van der Waals surface area contributed by atoms with Gasteiger partial charge in [-0.1, -0.05) is 94.0 Å². The van der Waals surface area contributed by atoms with Crippen molar-refractivity contribution in [3.63, 3.8) is 0 Å². The molecule has 0 unspecified atom stereocenters. The highest BCUT2D eigenvalue weighted by Crippen LogP contribution is 2.47. The minimum atomic E-state index is -1.34. The molecule has 1 aromatic carbocycles. The molecular formula is C19H33PS. The van der Waals surface area contributed by atoms with E-state index < -0.39 is 6.04 Å². The molecule has 21 heavy (non-hydrogen) atoms. The predicted octanol–water partition coefficient (Wildman–Crippen LogP) is 6.26. The maximum Gasteiger partial charge on any atom is -0.0142 e. The summed E-state index contributed by atoms with van der Waals surface area (Å²) in [5.74, 6) is 0. The molecule has 0 bridgehead atoms. The number of aryl methyl sites for hydroxylation is 1. The third-order valence-corrected chi connectivity index (χ3v) is 9.29. The molecule has 0 atom stereocenters. The van der Waals surface area contributed by atoms with E-state index in [1.165, 1.54) is 74.6 Å². The van der Waals surface area contributed by atoms with Crippen LogP contribution in [-0.2, 0) is 11.8 Å². The second-order valence-corrected chi connectivity index (χ2v) is 11.6. The summed E-state index contributed by atoms with van der Waals surface area (Å²) in [5, 5.41) is 1.48. The van der Waals surface area contributed by atoms with E-state index in [4.69, 9.17) is 11.8 Å². The van der Waals surface area contributed by atoms with Crippen LogP contribution in [0.4, 0.5) is 0 Å². The van der Waals surface area contributed by atoms with Gasteiger partial charge in [0.2, 0.25) is 0 Å². The molecular weight excluding hydrogens is 291 g/mol. The fourth-order valence-corrected chi connectivity index (χ4v) is 6.82. The SMILES string of the molecule is CCCCCCP(=S)(CCCCCC)c1ccc(C)cc1. The maximum atomic E-state index is 6.22. The fraction of sp³-hybridized carbons (Fsp3) is 0.684. The van der Waals surface area contributed by atoms with E-state index in [-0.39, 0.29) is 0 Å². The lowest BCUT2D eigenvalue weighted by Gasteiger charge is -2.23. The second kappa shape index (κ2) is 10.6. The summed E-state index contributed by atoms with van der Waals surface area (Å²) < 4.78 is 0. The van der Waals surface area contributed by atoms with Crippen LogP contribution in [0.5, 0.6) is 0 Å². The van der Waals surface area contributed by atoms with Crippen LogP contribution in [-0.4, -0.2) is 12.3 Å². The third kappa shape index (κ3) is 7.11. The van der Waals surface area contributed by atoms with E-state index in [1.54, 1.807) is 0 Å². The van der Waals surface area contributed by atoms with Crippen LogP contribution in [0.25, 0.3) is 0 Å². The van der Waals surface area contributed by atoms with Gasteiger partial charge in [0.05, 0.1) is 0 Å². The van der Waals surface area contributed by atoms with Crippen molar-refractivity contribution < 1.29 is 0 Å². The number of hydrogen-bond acceptors (Lipinski definition) is 1. The molecule has 0 heterocycles. The summed E-state index contributed by atoms with van der Waals surface area (Å²) >= 11 is 6.22. The van der Waals surface area contributed by atoms with Gasteiger partial charge < -0.3 is 0 Å². The molecule has 1 aromatic rings. The largest absolute Gasteiger partial charge is 0.0926 e. The summed E-state index contributed by atoms with van der Waals surface area (Å²) in [5.41, 5.74) is 1.34. The lowest BCUT2D eigenvalue weighted by atomic mass is 10.2. The van der Waals surface area contributed by atoms with Crippen LogP contribution in [0.15, 0.2) is 24.3 Å². The van der Waals surface area contributed by atoms with Crippen LogP contribution in [0.2, 0.25) is 0 Å². The molecule has 0 fully saturated rings. The van der Waals surface area contributed by atoms with Gasteiger partial charge in [0.25, 0.3) is 0 Å². The first-order valence-electron chi connectivity index (χ1n) is 8.77. The van der Waals surface area contributed by atoms with Gasteiger partial charge in [0.1, 0.15) is 0 Å². The molecule has 0 spiro atoms. The Balaban J connectivity index is 2.68. The number of rotatable bonds is 11. The van der Waals surface area contributed by atoms with Crippen molar-refractivity contribution in [2.24, 2.45) is 0 Å². The lowest BCUT2D eigenvalue weighted by Crippen LogP contribution is -2.11. The Labute approximate surface area is 137 Å². The van der Waals surface area contributed by atoms with Crippen molar-refractivity contribution >= 4 is 23.1 Å². The summed E-state index contributed by atoms with van der Waals surface area (Å²) in [6, 6.07) is 7.78. The van der Waals surface area contributed by atoms with E-state index in [9.17, 15) is 0 Å². The summed E-state index contributed by atoms with van der Waals surface area (Å²) in [6.07, 6.45) is 13.3. The highest BCUT2D eigenvalue weighted by Gasteiger charge is 2.18. The Bertz CT molecular complexity index is 406. The van der Waals surface area contributed by atoms with Crippen molar-refractivity contribution in [1.29, 1.82) is 0 Å². The molecule has 0 radical (unpaired) electrons. The van der Waals surface area contributed by atoms with Crippen molar-refractivity contribution in [2.45, 2.75) is 72.1 Å². The number of benzene rings is 1. The molecule has 0 aliphatic heterocycles. The first kappa shape index (κ1) is 18.9. The number of hydrogen-bond donors (Lipinski definition) is 0. The molecule has 2 heteroatoms. The Morgan fingerprint density at radius 1 is 0.762 bits per heavy atom. The zero-order chi connectivity index (χ0) is 15.6. The van der Waals surface area contributed by atoms with Crippen molar-refractivity contribution in [3.8, 4) is 0 Å². The van der Waals surface area contributed by atoms with Gasteiger partial charge in [-0.25, -0.2) is 0 Å². The average Bonchev–Trinajstić information content (AvgIpc) is 2.49. The van der Waals surface area contributed by atoms with Crippen LogP contribution < -0.4 is 5.30 Å². The van der Waals surface area contributed by atoms with Gasteiger partial charge in [0, 0.05) is 0 Å². The Kier molecular flexibility index (Phi) is 9.52. The molecule has 120 valence electrons. The van der Waals surface area contributed by atoms with E-state index in [0.29, 0.717) is 0 Å². The summed E-state index contributed by atoms with van der Waals surface area (Å²) in [7, 11) is 0. The van der Waals surface area contributed by atoms with E-state index in [2.05, 4.69) is 45.0 Å². The number of unbranched alkanes of at least 4 members (excludes halogenated alkanes) is 6. The monoisotopic (exact) mass is 324 g/mol.